The zero-order valence-corrected chi connectivity index (χ0v) is 19.1. The van der Waals surface area contributed by atoms with Crippen LogP contribution in [0.3, 0.4) is 0 Å². The topological polar surface area (TPSA) is 55.0 Å². The van der Waals surface area contributed by atoms with Gasteiger partial charge in [-0.2, -0.15) is 0 Å². The Labute approximate surface area is 190 Å². The summed E-state index contributed by atoms with van der Waals surface area (Å²) >= 11 is 14.1. The highest BCUT2D eigenvalue weighted by atomic mass is 35.5. The number of ether oxygens (including phenoxy) is 1. The van der Waals surface area contributed by atoms with Gasteiger partial charge in [0, 0.05) is 27.8 Å². The van der Waals surface area contributed by atoms with Crippen molar-refractivity contribution in [3.05, 3.63) is 91.3 Å². The van der Waals surface area contributed by atoms with Gasteiger partial charge in [-0.3, -0.25) is 4.79 Å². The van der Waals surface area contributed by atoms with Crippen molar-refractivity contribution in [3.8, 4) is 5.75 Å². The Morgan fingerprint density at radius 2 is 1.80 bits per heavy atom. The number of aromatic amines is 1. The summed E-state index contributed by atoms with van der Waals surface area (Å²) in [6, 6.07) is 13.2. The molecule has 0 unspecified atom stereocenters. The highest BCUT2D eigenvalue weighted by Crippen LogP contribution is 2.27. The van der Waals surface area contributed by atoms with Gasteiger partial charge in [0.2, 0.25) is 0 Å². The lowest BCUT2D eigenvalue weighted by molar-refractivity contribution is 0.415. The molecule has 156 valence electrons. The number of H-pyrrole nitrogens is 1. The van der Waals surface area contributed by atoms with Crippen LogP contribution in [0.1, 0.15) is 29.3 Å². The summed E-state index contributed by atoms with van der Waals surface area (Å²) in [4.78, 5) is 20.1. The molecule has 0 aliphatic heterocycles. The fraction of sp³-hybridized carbons (Fsp3) is 0.217. The molecule has 1 N–H and O–H groups in total. The smallest absolute Gasteiger partial charge is 0.254 e. The Morgan fingerprint density at radius 1 is 1.10 bits per heavy atom. The van der Waals surface area contributed by atoms with Crippen LogP contribution in [0.25, 0.3) is 6.08 Å². The summed E-state index contributed by atoms with van der Waals surface area (Å²) in [5.74, 6) is 1.50. The molecule has 0 saturated carbocycles. The highest BCUT2D eigenvalue weighted by Gasteiger charge is 2.14. The van der Waals surface area contributed by atoms with E-state index in [1.165, 1.54) is 11.8 Å². The number of halogens is 2. The van der Waals surface area contributed by atoms with E-state index in [-0.39, 0.29) is 5.56 Å². The molecule has 0 atom stereocenters. The fourth-order valence-electron chi connectivity index (χ4n) is 3.00. The van der Waals surface area contributed by atoms with Crippen LogP contribution in [0.5, 0.6) is 5.75 Å². The van der Waals surface area contributed by atoms with Gasteiger partial charge < -0.3 is 9.72 Å². The van der Waals surface area contributed by atoms with Gasteiger partial charge >= 0.3 is 0 Å². The second-order valence-corrected chi connectivity index (χ2v) is 8.34. The summed E-state index contributed by atoms with van der Waals surface area (Å²) in [7, 11) is 1.65. The number of nitrogens with one attached hydrogen (secondary N) is 1. The third-order valence-corrected chi connectivity index (χ3v) is 6.12. The molecule has 1 aromatic heterocycles. The average molecular weight is 461 g/mol. The van der Waals surface area contributed by atoms with Gasteiger partial charge in [-0.25, -0.2) is 4.98 Å². The van der Waals surface area contributed by atoms with E-state index in [9.17, 15) is 4.79 Å². The third-order valence-electron chi connectivity index (χ3n) is 4.58. The first-order valence-corrected chi connectivity index (χ1v) is 11.2. The van der Waals surface area contributed by atoms with Crippen molar-refractivity contribution in [3.63, 3.8) is 0 Å². The third kappa shape index (κ3) is 5.69. The minimum absolute atomic E-state index is 0.118. The fourth-order valence-corrected chi connectivity index (χ4v) is 4.22. The average Bonchev–Trinajstić information content (AvgIpc) is 2.74. The van der Waals surface area contributed by atoms with E-state index in [0.717, 1.165) is 16.9 Å². The zero-order valence-electron chi connectivity index (χ0n) is 16.7. The van der Waals surface area contributed by atoms with Crippen molar-refractivity contribution in [1.29, 1.82) is 0 Å². The maximum atomic E-state index is 12.6. The van der Waals surface area contributed by atoms with Crippen molar-refractivity contribution in [2.45, 2.75) is 24.9 Å². The monoisotopic (exact) mass is 460 g/mol. The molecule has 4 nitrogen and oxygen atoms in total. The van der Waals surface area contributed by atoms with E-state index < -0.39 is 0 Å². The molecule has 30 heavy (non-hydrogen) atoms. The molecule has 0 amide bonds. The standard InChI is InChI=1S/C23H22Cl2N2O2S/c1-3-17-21(14-18-19(24)7-4-8-20(18)25)26-23(27-22(17)28)30-13-5-6-15-9-11-16(29-2)12-10-15/h4-12H,3,13-14H2,1-2H3,(H,26,27,28)/b6-5+. The van der Waals surface area contributed by atoms with Gasteiger partial charge in [0.15, 0.2) is 5.16 Å². The molecule has 0 spiro atoms. The van der Waals surface area contributed by atoms with Gasteiger partial charge in [0.25, 0.3) is 5.56 Å². The first kappa shape index (κ1) is 22.5. The van der Waals surface area contributed by atoms with Crippen molar-refractivity contribution in [1.82, 2.24) is 9.97 Å². The minimum Gasteiger partial charge on any atom is -0.497 e. The van der Waals surface area contributed by atoms with Gasteiger partial charge in [0.1, 0.15) is 5.75 Å². The molecule has 2 aromatic carbocycles. The Kier molecular flexibility index (Phi) is 8.02. The van der Waals surface area contributed by atoms with Crippen LogP contribution < -0.4 is 10.3 Å². The largest absolute Gasteiger partial charge is 0.497 e. The normalized spacial score (nSPS) is 11.2. The maximum Gasteiger partial charge on any atom is 0.254 e. The van der Waals surface area contributed by atoms with Crippen LogP contribution in [0.4, 0.5) is 0 Å². The van der Waals surface area contributed by atoms with E-state index in [4.69, 9.17) is 27.9 Å². The summed E-state index contributed by atoms with van der Waals surface area (Å²) in [6.07, 6.45) is 5.06. The van der Waals surface area contributed by atoms with Gasteiger partial charge in [-0.15, -0.1) is 0 Å². The first-order chi connectivity index (χ1) is 14.5. The Hall–Kier alpha value is -2.21. The number of methoxy groups -OCH3 is 1. The van der Waals surface area contributed by atoms with Crippen LogP contribution in [0.2, 0.25) is 10.0 Å². The molecular weight excluding hydrogens is 439 g/mol. The van der Waals surface area contributed by atoms with Gasteiger partial charge in [-0.1, -0.05) is 72.2 Å². The zero-order chi connectivity index (χ0) is 21.5. The molecule has 1 heterocycles. The van der Waals surface area contributed by atoms with Gasteiger partial charge in [-0.05, 0) is 41.8 Å². The number of nitrogens with zero attached hydrogens (tertiary/aromatic N) is 1. The summed E-state index contributed by atoms with van der Waals surface area (Å²) in [5, 5.41) is 1.72. The Morgan fingerprint density at radius 3 is 2.43 bits per heavy atom. The van der Waals surface area contributed by atoms with Crippen molar-refractivity contribution < 1.29 is 4.74 Å². The van der Waals surface area contributed by atoms with E-state index in [1.54, 1.807) is 25.3 Å². The second-order valence-electron chi connectivity index (χ2n) is 6.51. The minimum atomic E-state index is -0.118. The van der Waals surface area contributed by atoms with Crippen molar-refractivity contribution in [2.24, 2.45) is 0 Å². The predicted octanol–water partition coefficient (Wildman–Crippen LogP) is 6.04. The Bertz CT molecular complexity index is 1080. The molecule has 0 aliphatic rings. The molecule has 0 aliphatic carbocycles. The Balaban J connectivity index is 1.75. The van der Waals surface area contributed by atoms with Crippen molar-refractivity contribution in [2.75, 3.05) is 12.9 Å². The molecule has 0 radical (unpaired) electrons. The molecule has 0 fully saturated rings. The second kappa shape index (κ2) is 10.7. The molecule has 7 heteroatoms. The SMILES string of the molecule is CCc1c(Cc2c(Cl)cccc2Cl)nc(SC/C=C/c2ccc(OC)cc2)[nH]c1=O. The summed E-state index contributed by atoms with van der Waals surface area (Å²) in [6.45, 7) is 1.94. The lowest BCUT2D eigenvalue weighted by Gasteiger charge is -2.11. The quantitative estimate of drug-likeness (QED) is 0.328. The first-order valence-electron chi connectivity index (χ1n) is 9.50. The van der Waals surface area contributed by atoms with E-state index in [1.807, 2.05) is 43.3 Å². The summed E-state index contributed by atoms with van der Waals surface area (Å²) < 4.78 is 5.16. The van der Waals surface area contributed by atoms with Crippen LogP contribution in [-0.4, -0.2) is 22.8 Å². The number of aromatic nitrogens is 2. The van der Waals surface area contributed by atoms with Crippen LogP contribution in [-0.2, 0) is 12.8 Å². The molecule has 3 aromatic rings. The number of hydrogen-bond donors (Lipinski definition) is 1. The number of benzene rings is 2. The van der Waals surface area contributed by atoms with E-state index in [0.29, 0.717) is 45.1 Å². The van der Waals surface area contributed by atoms with Gasteiger partial charge in [0.05, 0.1) is 12.8 Å². The van der Waals surface area contributed by atoms with Crippen LogP contribution >= 0.6 is 35.0 Å². The lowest BCUT2D eigenvalue weighted by Crippen LogP contribution is -2.18. The molecule has 0 saturated heterocycles. The highest BCUT2D eigenvalue weighted by molar-refractivity contribution is 7.99. The predicted molar refractivity (Wildman–Crippen MR) is 126 cm³/mol. The van der Waals surface area contributed by atoms with E-state index >= 15 is 0 Å². The molecule has 3 rings (SSSR count). The summed E-state index contributed by atoms with van der Waals surface area (Å²) in [5.41, 5.74) is 3.10. The number of thioether (sulfide) groups is 1. The molecule has 0 bridgehead atoms. The van der Waals surface area contributed by atoms with E-state index in [2.05, 4.69) is 9.97 Å². The molecular formula is C23H22Cl2N2O2S. The number of rotatable bonds is 8. The van der Waals surface area contributed by atoms with Crippen LogP contribution in [0, 0.1) is 0 Å². The van der Waals surface area contributed by atoms with Crippen molar-refractivity contribution >= 4 is 41.0 Å². The number of hydrogen-bond acceptors (Lipinski definition) is 4. The van der Waals surface area contributed by atoms with Crippen LogP contribution in [0.15, 0.2) is 58.5 Å². The maximum absolute atomic E-state index is 12.6. The lowest BCUT2D eigenvalue weighted by atomic mass is 10.0.